The van der Waals surface area contributed by atoms with E-state index in [4.69, 9.17) is 5.73 Å². The highest BCUT2D eigenvalue weighted by Gasteiger charge is 2.06. The fraction of sp³-hybridized carbons (Fsp3) is 0.545. The maximum absolute atomic E-state index is 11.1. The molecule has 4 nitrogen and oxygen atoms in total. The molecule has 0 fully saturated rings. The van der Waals surface area contributed by atoms with Crippen molar-refractivity contribution in [2.75, 3.05) is 12.8 Å². The van der Waals surface area contributed by atoms with Crippen LogP contribution in [0.3, 0.4) is 0 Å². The largest absolute Gasteiger partial charge is 0.366 e. The predicted octanol–water partition coefficient (Wildman–Crippen LogP) is 1.09. The Morgan fingerprint density at radius 2 is 2.35 bits per heavy atom. The van der Waals surface area contributed by atoms with Crippen LogP contribution in [0, 0.1) is 0 Å². The van der Waals surface area contributed by atoms with Crippen LogP contribution in [0.2, 0.25) is 0 Å². The van der Waals surface area contributed by atoms with E-state index in [0.717, 1.165) is 24.4 Å². The molecule has 0 saturated heterocycles. The van der Waals surface area contributed by atoms with Gasteiger partial charge in [-0.3, -0.25) is 9.00 Å². The summed E-state index contributed by atoms with van der Waals surface area (Å²) in [6.07, 6.45) is 2.61. The van der Waals surface area contributed by atoms with Gasteiger partial charge in [-0.1, -0.05) is 6.92 Å². The fourth-order valence-electron chi connectivity index (χ4n) is 1.29. The molecule has 3 N–H and O–H groups in total. The zero-order valence-electron chi connectivity index (χ0n) is 10.1. The van der Waals surface area contributed by atoms with E-state index in [0.29, 0.717) is 5.56 Å². The third kappa shape index (κ3) is 4.97. The van der Waals surface area contributed by atoms with Crippen molar-refractivity contribution in [1.82, 2.24) is 5.32 Å². The van der Waals surface area contributed by atoms with Crippen LogP contribution in [0.1, 0.15) is 28.6 Å². The molecule has 0 aliphatic heterocycles. The van der Waals surface area contributed by atoms with Crippen LogP contribution in [-0.2, 0) is 17.3 Å². The first-order valence-corrected chi connectivity index (χ1v) is 7.91. The number of amides is 1. The number of rotatable bonds is 7. The van der Waals surface area contributed by atoms with Gasteiger partial charge in [0.25, 0.3) is 0 Å². The molecule has 0 aliphatic carbocycles. The standard InChI is InChI=1S/C11H18N2O2S2/c1-8(17(2)15)3-4-13-6-10-5-9(7-16-10)11(12)14/h5,7-8,13H,3-4,6H2,1-2H3,(H2,12,14). The summed E-state index contributed by atoms with van der Waals surface area (Å²) in [6, 6.07) is 1.81. The minimum atomic E-state index is -0.759. The Morgan fingerprint density at radius 3 is 2.88 bits per heavy atom. The number of hydrogen-bond donors (Lipinski definition) is 2. The summed E-state index contributed by atoms with van der Waals surface area (Å²) in [5, 5.41) is 5.25. The summed E-state index contributed by atoms with van der Waals surface area (Å²) < 4.78 is 11.1. The predicted molar refractivity (Wildman–Crippen MR) is 72.7 cm³/mol. The Labute approximate surface area is 108 Å². The highest BCUT2D eigenvalue weighted by atomic mass is 32.2. The van der Waals surface area contributed by atoms with Gasteiger partial charge in [0.2, 0.25) is 5.91 Å². The molecule has 6 heteroatoms. The highest BCUT2D eigenvalue weighted by molar-refractivity contribution is 7.84. The van der Waals surface area contributed by atoms with Gasteiger partial charge in [-0.2, -0.15) is 0 Å². The zero-order chi connectivity index (χ0) is 12.8. The summed E-state index contributed by atoms with van der Waals surface area (Å²) in [5.41, 5.74) is 5.73. The molecule has 2 atom stereocenters. The second-order valence-corrected chi connectivity index (χ2v) is 6.74. The molecule has 1 aromatic rings. The lowest BCUT2D eigenvalue weighted by atomic mass is 10.3. The van der Waals surface area contributed by atoms with Crippen molar-refractivity contribution in [3.8, 4) is 0 Å². The van der Waals surface area contributed by atoms with Crippen LogP contribution in [-0.4, -0.2) is 28.2 Å². The van der Waals surface area contributed by atoms with Gasteiger partial charge in [0.15, 0.2) is 0 Å². The summed E-state index contributed by atoms with van der Waals surface area (Å²) in [7, 11) is -0.759. The number of nitrogens with one attached hydrogen (secondary N) is 1. The molecule has 17 heavy (non-hydrogen) atoms. The molecule has 0 radical (unpaired) electrons. The number of carbonyl (C=O) groups excluding carboxylic acids is 1. The van der Waals surface area contributed by atoms with Crippen molar-refractivity contribution in [3.63, 3.8) is 0 Å². The van der Waals surface area contributed by atoms with Crippen LogP contribution in [0.15, 0.2) is 11.4 Å². The lowest BCUT2D eigenvalue weighted by Crippen LogP contribution is -2.20. The summed E-state index contributed by atoms with van der Waals surface area (Å²) in [5.74, 6) is -0.387. The third-order valence-corrected chi connectivity index (χ3v) is 4.84. The van der Waals surface area contributed by atoms with Gasteiger partial charge in [0, 0.05) is 39.1 Å². The van der Waals surface area contributed by atoms with Gasteiger partial charge < -0.3 is 11.1 Å². The molecule has 0 saturated carbocycles. The minimum Gasteiger partial charge on any atom is -0.366 e. The van der Waals surface area contributed by atoms with Crippen molar-refractivity contribution in [2.24, 2.45) is 5.73 Å². The quantitative estimate of drug-likeness (QED) is 0.731. The monoisotopic (exact) mass is 274 g/mol. The normalized spacial score (nSPS) is 14.5. The van der Waals surface area contributed by atoms with E-state index in [-0.39, 0.29) is 11.2 Å². The van der Waals surface area contributed by atoms with E-state index in [9.17, 15) is 9.00 Å². The molecule has 0 spiro atoms. The van der Waals surface area contributed by atoms with Crippen LogP contribution >= 0.6 is 11.3 Å². The van der Waals surface area contributed by atoms with E-state index in [1.54, 1.807) is 17.7 Å². The van der Waals surface area contributed by atoms with Crippen LogP contribution < -0.4 is 11.1 Å². The molecule has 1 amide bonds. The smallest absolute Gasteiger partial charge is 0.249 e. The van der Waals surface area contributed by atoms with E-state index < -0.39 is 10.8 Å². The van der Waals surface area contributed by atoms with E-state index in [1.165, 1.54) is 11.3 Å². The van der Waals surface area contributed by atoms with Gasteiger partial charge in [0.05, 0.1) is 5.56 Å². The number of thiophene rings is 1. The Kier molecular flexibility index (Phi) is 5.80. The van der Waals surface area contributed by atoms with Crippen LogP contribution in [0.4, 0.5) is 0 Å². The molecule has 1 rings (SSSR count). The lowest BCUT2D eigenvalue weighted by Gasteiger charge is -2.08. The lowest BCUT2D eigenvalue weighted by molar-refractivity contribution is 0.100. The first-order valence-electron chi connectivity index (χ1n) is 5.41. The summed E-state index contributed by atoms with van der Waals surface area (Å²) >= 11 is 1.52. The number of primary amides is 1. The number of carbonyl (C=O) groups is 1. The summed E-state index contributed by atoms with van der Waals surface area (Å²) in [6.45, 7) is 3.53. The molecule has 96 valence electrons. The average molecular weight is 274 g/mol. The second-order valence-electron chi connectivity index (χ2n) is 3.94. The first kappa shape index (κ1) is 14.3. The van der Waals surface area contributed by atoms with Gasteiger partial charge in [-0.05, 0) is 19.0 Å². The highest BCUT2D eigenvalue weighted by Crippen LogP contribution is 2.13. The SMILES string of the molecule is CC(CCNCc1cc(C(N)=O)cs1)S(C)=O. The van der Waals surface area contributed by atoms with Crippen LogP contribution in [0.5, 0.6) is 0 Å². The van der Waals surface area contributed by atoms with Gasteiger partial charge >= 0.3 is 0 Å². The topological polar surface area (TPSA) is 72.2 Å². The molecule has 1 heterocycles. The maximum Gasteiger partial charge on any atom is 0.249 e. The number of hydrogen-bond acceptors (Lipinski definition) is 4. The minimum absolute atomic E-state index is 0.215. The third-order valence-electron chi connectivity index (χ3n) is 2.53. The van der Waals surface area contributed by atoms with E-state index >= 15 is 0 Å². The van der Waals surface area contributed by atoms with Gasteiger partial charge in [-0.15, -0.1) is 11.3 Å². The number of nitrogens with two attached hydrogens (primary N) is 1. The molecule has 1 aromatic heterocycles. The Morgan fingerprint density at radius 1 is 1.65 bits per heavy atom. The van der Waals surface area contributed by atoms with E-state index in [1.807, 2.05) is 6.92 Å². The Balaban J connectivity index is 2.26. The second kappa shape index (κ2) is 6.88. The van der Waals surface area contributed by atoms with Gasteiger partial charge in [0.1, 0.15) is 0 Å². The molecular weight excluding hydrogens is 256 g/mol. The molecule has 0 aromatic carbocycles. The molecular formula is C11H18N2O2S2. The molecule has 0 bridgehead atoms. The fourth-order valence-corrected chi connectivity index (χ4v) is 2.58. The van der Waals surface area contributed by atoms with Crippen molar-refractivity contribution in [2.45, 2.75) is 25.1 Å². The van der Waals surface area contributed by atoms with Crippen LogP contribution in [0.25, 0.3) is 0 Å². The maximum atomic E-state index is 11.1. The average Bonchev–Trinajstić information content (AvgIpc) is 2.72. The first-order chi connectivity index (χ1) is 8.00. The van der Waals surface area contributed by atoms with Crippen molar-refractivity contribution >= 4 is 28.0 Å². The zero-order valence-corrected chi connectivity index (χ0v) is 11.7. The van der Waals surface area contributed by atoms with E-state index in [2.05, 4.69) is 5.32 Å². The van der Waals surface area contributed by atoms with Gasteiger partial charge in [-0.25, -0.2) is 0 Å². The molecule has 0 aliphatic rings. The Hall–Kier alpha value is -0.720. The molecule has 2 unspecified atom stereocenters. The van der Waals surface area contributed by atoms with Crippen molar-refractivity contribution in [3.05, 3.63) is 21.9 Å². The van der Waals surface area contributed by atoms with Crippen molar-refractivity contribution in [1.29, 1.82) is 0 Å². The van der Waals surface area contributed by atoms with Crippen molar-refractivity contribution < 1.29 is 9.00 Å². The Bertz CT molecular complexity index is 404. The summed E-state index contributed by atoms with van der Waals surface area (Å²) in [4.78, 5) is 12.0.